The van der Waals surface area contributed by atoms with Gasteiger partial charge in [-0.3, -0.25) is 14.4 Å². The molecule has 1 atom stereocenters. The number of amidine groups is 1. The summed E-state index contributed by atoms with van der Waals surface area (Å²) in [6.07, 6.45) is 3.45. The van der Waals surface area contributed by atoms with E-state index in [9.17, 15) is 14.4 Å². The van der Waals surface area contributed by atoms with Gasteiger partial charge < -0.3 is 24.6 Å². The lowest BCUT2D eigenvalue weighted by Crippen LogP contribution is -2.33. The number of carbonyl (C=O) groups is 3. The molecule has 0 aliphatic carbocycles. The van der Waals surface area contributed by atoms with Gasteiger partial charge in [-0.05, 0) is 49.6 Å². The average molecular weight is 525 g/mol. The molecular formula is C27H32N4O5S. The number of thioether (sulfide) groups is 1. The number of piperidine rings is 1. The van der Waals surface area contributed by atoms with Gasteiger partial charge in [-0.15, -0.1) is 0 Å². The van der Waals surface area contributed by atoms with E-state index in [1.54, 1.807) is 56.5 Å². The fourth-order valence-corrected chi connectivity index (χ4v) is 5.55. The van der Waals surface area contributed by atoms with E-state index in [-0.39, 0.29) is 24.1 Å². The number of aliphatic imine (C=N–C) groups is 1. The topological polar surface area (TPSA) is 101 Å². The van der Waals surface area contributed by atoms with Crippen LogP contribution in [0.25, 0.3) is 0 Å². The van der Waals surface area contributed by atoms with Gasteiger partial charge in [0.2, 0.25) is 5.91 Å². The Bertz CT molecular complexity index is 1180. The molecule has 9 nitrogen and oxygen atoms in total. The van der Waals surface area contributed by atoms with Gasteiger partial charge in [0.05, 0.1) is 14.2 Å². The Morgan fingerprint density at radius 1 is 1.08 bits per heavy atom. The molecule has 3 amide bonds. The molecule has 1 fully saturated rings. The number of benzene rings is 2. The number of likely N-dealkylation sites (tertiary alicyclic amines) is 1. The van der Waals surface area contributed by atoms with Crippen LogP contribution >= 0.6 is 11.8 Å². The molecule has 2 aliphatic heterocycles. The third-order valence-corrected chi connectivity index (χ3v) is 7.59. The van der Waals surface area contributed by atoms with E-state index in [2.05, 4.69) is 15.2 Å². The number of rotatable bonds is 8. The summed E-state index contributed by atoms with van der Waals surface area (Å²) < 4.78 is 10.8. The summed E-state index contributed by atoms with van der Waals surface area (Å²) in [7, 11) is 4.85. The number of para-hydroxylation sites is 1. The van der Waals surface area contributed by atoms with Crippen LogP contribution in [-0.4, -0.2) is 72.3 Å². The van der Waals surface area contributed by atoms with Crippen molar-refractivity contribution >= 4 is 40.3 Å². The Labute approximate surface area is 221 Å². The molecule has 0 bridgehead atoms. The Morgan fingerprint density at radius 3 is 2.49 bits per heavy atom. The van der Waals surface area contributed by atoms with E-state index in [1.165, 1.54) is 18.2 Å². The summed E-state index contributed by atoms with van der Waals surface area (Å²) in [5, 5.41) is 3.06. The van der Waals surface area contributed by atoms with Gasteiger partial charge in [0.25, 0.3) is 11.8 Å². The summed E-state index contributed by atoms with van der Waals surface area (Å²) in [5.74, 6) is 0.515. The molecule has 2 aliphatic rings. The van der Waals surface area contributed by atoms with E-state index < -0.39 is 5.25 Å². The Morgan fingerprint density at radius 2 is 1.81 bits per heavy atom. The second kappa shape index (κ2) is 12.1. The number of hydrogen-bond acceptors (Lipinski definition) is 7. The van der Waals surface area contributed by atoms with Crippen molar-refractivity contribution in [3.63, 3.8) is 0 Å². The lowest BCUT2D eigenvalue weighted by molar-refractivity contribution is -0.121. The van der Waals surface area contributed by atoms with Crippen molar-refractivity contribution in [2.24, 2.45) is 4.99 Å². The number of nitrogens with zero attached hydrogens (tertiary/aromatic N) is 3. The highest BCUT2D eigenvalue weighted by Gasteiger charge is 2.33. The molecular weight excluding hydrogens is 492 g/mol. The standard InChI is InChI=1S/C27H32N4O5S/c1-30(17-19-8-7-9-21(35-2)24(19)36-3)26(34)18-10-12-20(13-11-18)28-23(32)16-22-25(33)29-27(37-22)31-14-5-4-6-15-31/h7-13,22H,4-6,14-17H2,1-3H3,(H,28,32). The zero-order chi connectivity index (χ0) is 26.4. The largest absolute Gasteiger partial charge is 0.493 e. The average Bonchev–Trinajstić information content (AvgIpc) is 3.28. The van der Waals surface area contributed by atoms with E-state index in [4.69, 9.17) is 9.47 Å². The predicted molar refractivity (Wildman–Crippen MR) is 144 cm³/mol. The van der Waals surface area contributed by atoms with Crippen LogP contribution < -0.4 is 14.8 Å². The van der Waals surface area contributed by atoms with Crippen molar-refractivity contribution in [3.05, 3.63) is 53.6 Å². The third-order valence-electron chi connectivity index (χ3n) is 6.38. The van der Waals surface area contributed by atoms with Crippen LogP contribution in [0, 0.1) is 0 Å². The molecule has 4 rings (SSSR count). The molecule has 2 aromatic rings. The number of methoxy groups -OCH3 is 2. The van der Waals surface area contributed by atoms with Gasteiger partial charge in [0, 0.05) is 49.9 Å². The number of anilines is 1. The highest BCUT2D eigenvalue weighted by Crippen LogP contribution is 2.32. The van der Waals surface area contributed by atoms with Crippen LogP contribution in [0.3, 0.4) is 0 Å². The lowest BCUT2D eigenvalue weighted by atomic mass is 10.1. The van der Waals surface area contributed by atoms with Crippen LogP contribution in [0.2, 0.25) is 0 Å². The molecule has 2 heterocycles. The molecule has 10 heteroatoms. The molecule has 37 heavy (non-hydrogen) atoms. The van der Waals surface area contributed by atoms with E-state index in [0.717, 1.165) is 36.7 Å². The second-order valence-electron chi connectivity index (χ2n) is 9.03. The lowest BCUT2D eigenvalue weighted by Gasteiger charge is -2.27. The van der Waals surface area contributed by atoms with Crippen LogP contribution in [0.4, 0.5) is 5.69 Å². The number of carbonyl (C=O) groups excluding carboxylic acids is 3. The highest BCUT2D eigenvalue weighted by molar-refractivity contribution is 8.15. The molecule has 0 spiro atoms. The van der Waals surface area contributed by atoms with Crippen molar-refractivity contribution in [1.82, 2.24) is 9.80 Å². The van der Waals surface area contributed by atoms with Crippen molar-refractivity contribution in [3.8, 4) is 11.5 Å². The first-order valence-corrected chi connectivity index (χ1v) is 13.2. The molecule has 0 radical (unpaired) electrons. The molecule has 196 valence electrons. The Hall–Kier alpha value is -3.53. The summed E-state index contributed by atoms with van der Waals surface area (Å²) in [6, 6.07) is 12.3. The third kappa shape index (κ3) is 6.43. The van der Waals surface area contributed by atoms with Gasteiger partial charge >= 0.3 is 0 Å². The zero-order valence-corrected chi connectivity index (χ0v) is 22.2. The van der Waals surface area contributed by atoms with Gasteiger partial charge in [0.1, 0.15) is 5.25 Å². The molecule has 0 saturated carbocycles. The maximum Gasteiger partial charge on any atom is 0.262 e. The zero-order valence-electron chi connectivity index (χ0n) is 21.4. The van der Waals surface area contributed by atoms with Crippen LogP contribution in [0.15, 0.2) is 47.5 Å². The quantitative estimate of drug-likeness (QED) is 0.561. The molecule has 2 aromatic carbocycles. The first-order valence-electron chi connectivity index (χ1n) is 12.3. The maximum absolute atomic E-state index is 13.0. The van der Waals surface area contributed by atoms with Crippen LogP contribution in [0.5, 0.6) is 11.5 Å². The van der Waals surface area contributed by atoms with E-state index in [1.807, 2.05) is 12.1 Å². The van der Waals surface area contributed by atoms with Gasteiger partial charge in [-0.25, -0.2) is 0 Å². The summed E-state index contributed by atoms with van der Waals surface area (Å²) in [5.41, 5.74) is 1.88. The predicted octanol–water partition coefficient (Wildman–Crippen LogP) is 3.79. The summed E-state index contributed by atoms with van der Waals surface area (Å²) >= 11 is 1.38. The monoisotopic (exact) mass is 524 g/mol. The minimum atomic E-state index is -0.500. The number of nitrogens with one attached hydrogen (secondary N) is 1. The maximum atomic E-state index is 13.0. The van der Waals surface area contributed by atoms with Crippen molar-refractivity contribution in [1.29, 1.82) is 0 Å². The Kier molecular flexibility index (Phi) is 8.70. The van der Waals surface area contributed by atoms with Crippen LogP contribution in [0.1, 0.15) is 41.6 Å². The fourth-order valence-electron chi connectivity index (χ4n) is 4.43. The van der Waals surface area contributed by atoms with E-state index >= 15 is 0 Å². The number of hydrogen-bond donors (Lipinski definition) is 1. The normalized spacial score (nSPS) is 17.3. The minimum Gasteiger partial charge on any atom is -0.493 e. The smallest absolute Gasteiger partial charge is 0.262 e. The molecule has 1 N–H and O–H groups in total. The first kappa shape index (κ1) is 26.5. The van der Waals surface area contributed by atoms with Crippen LogP contribution in [-0.2, 0) is 16.1 Å². The fraction of sp³-hybridized carbons (Fsp3) is 0.407. The highest BCUT2D eigenvalue weighted by atomic mass is 32.2. The Balaban J connectivity index is 1.30. The second-order valence-corrected chi connectivity index (χ2v) is 10.2. The number of amides is 3. The molecule has 1 unspecified atom stereocenters. The summed E-state index contributed by atoms with van der Waals surface area (Å²) in [6.45, 7) is 2.16. The minimum absolute atomic E-state index is 0.0517. The number of ether oxygens (including phenoxy) is 2. The SMILES string of the molecule is COc1cccc(CN(C)C(=O)c2ccc(NC(=O)CC3SC(N4CCCCC4)=NC3=O)cc2)c1OC. The summed E-state index contributed by atoms with van der Waals surface area (Å²) in [4.78, 5) is 45.8. The van der Waals surface area contributed by atoms with Gasteiger partial charge in [-0.2, -0.15) is 4.99 Å². The van der Waals surface area contributed by atoms with Gasteiger partial charge in [-0.1, -0.05) is 23.9 Å². The van der Waals surface area contributed by atoms with Crippen molar-refractivity contribution < 1.29 is 23.9 Å². The van der Waals surface area contributed by atoms with Gasteiger partial charge in [0.15, 0.2) is 16.7 Å². The first-order chi connectivity index (χ1) is 17.9. The van der Waals surface area contributed by atoms with Crippen molar-refractivity contribution in [2.75, 3.05) is 39.7 Å². The molecule has 1 saturated heterocycles. The van der Waals surface area contributed by atoms with E-state index in [0.29, 0.717) is 29.3 Å². The van der Waals surface area contributed by atoms with Crippen molar-refractivity contribution in [2.45, 2.75) is 37.5 Å². The molecule has 0 aromatic heterocycles.